The molecule has 0 aliphatic carbocycles. The normalized spacial score (nSPS) is 15.2. The van der Waals surface area contributed by atoms with Gasteiger partial charge in [-0.1, -0.05) is 6.92 Å². The molecule has 1 fully saturated rings. The number of hydrogen-bond donors (Lipinski definition) is 1. The van der Waals surface area contributed by atoms with Gasteiger partial charge in [0.2, 0.25) is 11.9 Å². The minimum Gasteiger partial charge on any atom is -0.341 e. The molecule has 2 rings (SSSR count). The second-order valence-electron chi connectivity index (χ2n) is 3.87. The van der Waals surface area contributed by atoms with Gasteiger partial charge in [0.25, 0.3) is 0 Å². The molecule has 0 aromatic carbocycles. The number of carbonyl (C=O) groups excluding carboxylic acids is 1. The van der Waals surface area contributed by atoms with E-state index in [1.165, 1.54) is 12.8 Å². The van der Waals surface area contributed by atoms with Crippen molar-refractivity contribution in [3.8, 4) is 0 Å². The van der Waals surface area contributed by atoms with Gasteiger partial charge in [-0.2, -0.15) is 0 Å². The Morgan fingerprint density at radius 3 is 2.56 bits per heavy atom. The van der Waals surface area contributed by atoms with Crippen molar-refractivity contribution in [2.45, 2.75) is 26.2 Å². The topological polar surface area (TPSA) is 58.1 Å². The van der Waals surface area contributed by atoms with Gasteiger partial charge in [-0.05, 0) is 12.8 Å². The van der Waals surface area contributed by atoms with Crippen molar-refractivity contribution in [3.63, 3.8) is 0 Å². The number of rotatable bonds is 3. The van der Waals surface area contributed by atoms with Crippen LogP contribution in [-0.2, 0) is 4.79 Å². The molecule has 1 amide bonds. The lowest BCUT2D eigenvalue weighted by atomic mass is 10.4. The average molecular weight is 220 g/mol. The first-order valence-corrected chi connectivity index (χ1v) is 5.66. The third kappa shape index (κ3) is 2.48. The Hall–Kier alpha value is -1.65. The highest BCUT2D eigenvalue weighted by Crippen LogP contribution is 2.16. The summed E-state index contributed by atoms with van der Waals surface area (Å²) in [7, 11) is 0. The highest BCUT2D eigenvalue weighted by molar-refractivity contribution is 5.90. The van der Waals surface area contributed by atoms with E-state index in [2.05, 4.69) is 20.2 Å². The average Bonchev–Trinajstić information content (AvgIpc) is 2.83. The molecule has 1 aromatic heterocycles. The Labute approximate surface area is 94.9 Å². The minimum atomic E-state index is -0.0162. The van der Waals surface area contributed by atoms with Gasteiger partial charge in [0.05, 0.1) is 18.1 Å². The lowest BCUT2D eigenvalue weighted by Crippen LogP contribution is -2.20. The molecular weight excluding hydrogens is 204 g/mol. The monoisotopic (exact) mass is 220 g/mol. The van der Waals surface area contributed by atoms with Crippen molar-refractivity contribution in [2.24, 2.45) is 0 Å². The fourth-order valence-corrected chi connectivity index (χ4v) is 1.72. The summed E-state index contributed by atoms with van der Waals surface area (Å²) in [5, 5.41) is 2.73. The number of hydrogen-bond acceptors (Lipinski definition) is 4. The molecule has 0 atom stereocenters. The first kappa shape index (κ1) is 10.9. The van der Waals surface area contributed by atoms with Gasteiger partial charge in [0.15, 0.2) is 0 Å². The van der Waals surface area contributed by atoms with Crippen LogP contribution < -0.4 is 10.2 Å². The van der Waals surface area contributed by atoms with Gasteiger partial charge < -0.3 is 10.2 Å². The van der Waals surface area contributed by atoms with Crippen LogP contribution in [0.15, 0.2) is 12.4 Å². The molecular formula is C11H16N4O. The smallest absolute Gasteiger partial charge is 0.225 e. The predicted molar refractivity (Wildman–Crippen MR) is 62.4 cm³/mol. The lowest BCUT2D eigenvalue weighted by molar-refractivity contribution is -0.115. The molecule has 1 aromatic rings. The zero-order chi connectivity index (χ0) is 11.4. The van der Waals surface area contributed by atoms with E-state index in [-0.39, 0.29) is 5.91 Å². The molecule has 1 N–H and O–H groups in total. The molecule has 1 aliphatic heterocycles. The van der Waals surface area contributed by atoms with E-state index < -0.39 is 0 Å². The second kappa shape index (κ2) is 4.92. The summed E-state index contributed by atoms with van der Waals surface area (Å²) in [6, 6.07) is 0. The summed E-state index contributed by atoms with van der Waals surface area (Å²) in [4.78, 5) is 21.8. The summed E-state index contributed by atoms with van der Waals surface area (Å²) in [6.07, 6.45) is 6.20. The first-order valence-electron chi connectivity index (χ1n) is 5.66. The van der Waals surface area contributed by atoms with Gasteiger partial charge in [-0.3, -0.25) is 4.79 Å². The van der Waals surface area contributed by atoms with Crippen LogP contribution in [0.4, 0.5) is 11.6 Å². The largest absolute Gasteiger partial charge is 0.341 e. The van der Waals surface area contributed by atoms with E-state index >= 15 is 0 Å². The van der Waals surface area contributed by atoms with Crippen LogP contribution in [-0.4, -0.2) is 29.0 Å². The molecule has 1 saturated heterocycles. The fraction of sp³-hybridized carbons (Fsp3) is 0.545. The van der Waals surface area contributed by atoms with Crippen LogP contribution in [0, 0.1) is 0 Å². The number of anilines is 2. The molecule has 0 spiro atoms. The van der Waals surface area contributed by atoms with E-state index in [4.69, 9.17) is 0 Å². The number of carbonyl (C=O) groups is 1. The standard InChI is InChI=1S/C11H16N4O/c1-2-10(16)14-9-7-12-11(13-8-9)15-5-3-4-6-15/h7-8H,2-6H2,1H3,(H,14,16). The Kier molecular flexibility index (Phi) is 3.34. The van der Waals surface area contributed by atoms with Crippen molar-refractivity contribution in [2.75, 3.05) is 23.3 Å². The van der Waals surface area contributed by atoms with Crippen LogP contribution in [0.25, 0.3) is 0 Å². The van der Waals surface area contributed by atoms with Gasteiger partial charge in [0.1, 0.15) is 0 Å². The number of amides is 1. The number of aromatic nitrogens is 2. The maximum Gasteiger partial charge on any atom is 0.225 e. The van der Waals surface area contributed by atoms with Crippen molar-refractivity contribution < 1.29 is 4.79 Å². The molecule has 0 saturated carbocycles. The molecule has 16 heavy (non-hydrogen) atoms. The third-order valence-electron chi connectivity index (χ3n) is 2.63. The summed E-state index contributed by atoms with van der Waals surface area (Å²) < 4.78 is 0. The summed E-state index contributed by atoms with van der Waals surface area (Å²) in [5.41, 5.74) is 0.662. The Bertz CT molecular complexity index is 357. The SMILES string of the molecule is CCC(=O)Nc1cnc(N2CCCC2)nc1. The van der Waals surface area contributed by atoms with Crippen LogP contribution in [0.1, 0.15) is 26.2 Å². The fourth-order valence-electron chi connectivity index (χ4n) is 1.72. The third-order valence-corrected chi connectivity index (χ3v) is 2.63. The molecule has 2 heterocycles. The van der Waals surface area contributed by atoms with Gasteiger partial charge in [-0.15, -0.1) is 0 Å². The highest BCUT2D eigenvalue weighted by atomic mass is 16.1. The van der Waals surface area contributed by atoms with E-state index in [0.717, 1.165) is 19.0 Å². The first-order chi connectivity index (χ1) is 7.79. The maximum absolute atomic E-state index is 11.1. The van der Waals surface area contributed by atoms with E-state index in [0.29, 0.717) is 12.1 Å². The Morgan fingerprint density at radius 2 is 2.00 bits per heavy atom. The van der Waals surface area contributed by atoms with E-state index in [1.807, 2.05) is 6.92 Å². The van der Waals surface area contributed by atoms with E-state index in [9.17, 15) is 4.79 Å². The minimum absolute atomic E-state index is 0.0162. The zero-order valence-electron chi connectivity index (χ0n) is 9.44. The predicted octanol–water partition coefficient (Wildman–Crippen LogP) is 1.43. The lowest BCUT2D eigenvalue weighted by Gasteiger charge is -2.14. The van der Waals surface area contributed by atoms with Crippen molar-refractivity contribution in [1.82, 2.24) is 9.97 Å². The maximum atomic E-state index is 11.1. The van der Waals surface area contributed by atoms with Crippen molar-refractivity contribution in [3.05, 3.63) is 12.4 Å². The van der Waals surface area contributed by atoms with E-state index in [1.54, 1.807) is 12.4 Å². The van der Waals surface area contributed by atoms with Crippen molar-refractivity contribution in [1.29, 1.82) is 0 Å². The summed E-state index contributed by atoms with van der Waals surface area (Å²) >= 11 is 0. The van der Waals surface area contributed by atoms with Crippen LogP contribution in [0.2, 0.25) is 0 Å². The van der Waals surface area contributed by atoms with Gasteiger partial charge >= 0.3 is 0 Å². The summed E-state index contributed by atoms with van der Waals surface area (Å²) in [6.45, 7) is 3.87. The molecule has 0 unspecified atom stereocenters. The van der Waals surface area contributed by atoms with Gasteiger partial charge in [-0.25, -0.2) is 9.97 Å². The molecule has 5 nitrogen and oxygen atoms in total. The molecule has 0 radical (unpaired) electrons. The highest BCUT2D eigenvalue weighted by Gasteiger charge is 2.14. The molecule has 0 bridgehead atoms. The molecule has 86 valence electrons. The second-order valence-corrected chi connectivity index (χ2v) is 3.87. The van der Waals surface area contributed by atoms with Crippen LogP contribution >= 0.6 is 0 Å². The number of nitrogens with one attached hydrogen (secondary N) is 1. The number of nitrogens with zero attached hydrogens (tertiary/aromatic N) is 3. The Morgan fingerprint density at radius 1 is 1.38 bits per heavy atom. The van der Waals surface area contributed by atoms with Gasteiger partial charge in [0, 0.05) is 19.5 Å². The summed E-state index contributed by atoms with van der Waals surface area (Å²) in [5.74, 6) is 0.740. The Balaban J connectivity index is 2.01. The molecule has 5 heteroatoms. The molecule has 1 aliphatic rings. The van der Waals surface area contributed by atoms with Crippen LogP contribution in [0.3, 0.4) is 0 Å². The van der Waals surface area contributed by atoms with Crippen molar-refractivity contribution >= 4 is 17.5 Å². The zero-order valence-corrected chi connectivity index (χ0v) is 9.44. The van der Waals surface area contributed by atoms with Crippen LogP contribution in [0.5, 0.6) is 0 Å². The quantitative estimate of drug-likeness (QED) is 0.837.